The van der Waals surface area contributed by atoms with Gasteiger partial charge >= 0.3 is 0 Å². The van der Waals surface area contributed by atoms with Crippen molar-refractivity contribution >= 4 is 0 Å². The highest BCUT2D eigenvalue weighted by Crippen LogP contribution is 2.09. The Morgan fingerprint density at radius 3 is 1.44 bits per heavy atom. The van der Waals surface area contributed by atoms with Crippen LogP contribution in [0.2, 0.25) is 0 Å². The lowest BCUT2D eigenvalue weighted by Crippen LogP contribution is -2.23. The molecule has 0 rings (SSSR count). The van der Waals surface area contributed by atoms with Gasteiger partial charge in [0.05, 0.1) is 11.7 Å². The van der Waals surface area contributed by atoms with Gasteiger partial charge in [0.1, 0.15) is 0 Å². The van der Waals surface area contributed by atoms with Crippen LogP contribution in [0.5, 0.6) is 0 Å². The van der Waals surface area contributed by atoms with Crippen molar-refractivity contribution in [1.29, 1.82) is 0 Å². The van der Waals surface area contributed by atoms with E-state index in [0.717, 1.165) is 0 Å². The van der Waals surface area contributed by atoms with E-state index >= 15 is 0 Å². The number of hydrogen-bond donors (Lipinski definition) is 0. The van der Waals surface area contributed by atoms with Gasteiger partial charge in [-0.3, -0.25) is 0 Å². The molecule has 0 heterocycles. The van der Waals surface area contributed by atoms with Gasteiger partial charge in [-0.2, -0.15) is 0 Å². The Balaban J connectivity index is 0. The first-order chi connectivity index (χ1) is 3.42. The molecule has 0 aromatic rings. The van der Waals surface area contributed by atoms with Crippen molar-refractivity contribution in [2.75, 3.05) is 0 Å². The molecule has 0 aliphatic rings. The maximum absolute atomic E-state index is 5.44. The van der Waals surface area contributed by atoms with Gasteiger partial charge in [-0.15, -0.1) is 0 Å². The van der Waals surface area contributed by atoms with Crippen LogP contribution in [0.25, 0.3) is 0 Å². The van der Waals surface area contributed by atoms with Crippen molar-refractivity contribution in [3.63, 3.8) is 0 Å². The Hall–Kier alpha value is -0.0400. The number of hydrogen-bond acceptors (Lipinski definition) is 1. The van der Waals surface area contributed by atoms with Crippen LogP contribution in [0.1, 0.15) is 42.0 Å². The third-order valence-electron chi connectivity index (χ3n) is 0.589. The maximum atomic E-state index is 5.44. The lowest BCUT2D eigenvalue weighted by atomic mass is 10.2. The molecule has 0 unspecified atom stereocenters. The third-order valence-corrected chi connectivity index (χ3v) is 0.589. The van der Waals surface area contributed by atoms with E-state index < -0.39 is 0 Å². The molecular weight excluding hydrogens is 112 g/mol. The minimum atomic E-state index is 0. The first-order valence-electron chi connectivity index (χ1n) is 3.09. The fourth-order valence-electron chi connectivity index (χ4n) is 0.707. The second-order valence-electron chi connectivity index (χ2n) is 3.28. The van der Waals surface area contributed by atoms with Crippen LogP contribution in [0.3, 0.4) is 0 Å². The van der Waals surface area contributed by atoms with Gasteiger partial charge in [-0.05, 0) is 34.6 Å². The van der Waals surface area contributed by atoms with Crippen LogP contribution in [-0.2, 0) is 4.74 Å². The molecule has 0 atom stereocenters. The lowest BCUT2D eigenvalue weighted by Gasteiger charge is -2.22. The fourth-order valence-corrected chi connectivity index (χ4v) is 0.707. The Labute approximate surface area is 59.4 Å². The van der Waals surface area contributed by atoms with E-state index in [1.807, 2.05) is 13.8 Å². The summed E-state index contributed by atoms with van der Waals surface area (Å²) in [4.78, 5) is 0. The van der Waals surface area contributed by atoms with E-state index in [1.165, 1.54) is 0 Å². The summed E-state index contributed by atoms with van der Waals surface area (Å²) in [7, 11) is 0. The van der Waals surface area contributed by atoms with Gasteiger partial charge in [-0.25, -0.2) is 0 Å². The van der Waals surface area contributed by atoms with Crippen molar-refractivity contribution in [1.82, 2.24) is 0 Å². The molecule has 0 aromatic carbocycles. The van der Waals surface area contributed by atoms with E-state index in [0.29, 0.717) is 6.10 Å². The normalized spacial score (nSPS) is 11.3. The number of ether oxygens (including phenoxy) is 1. The molecule has 0 N–H and O–H groups in total. The zero-order valence-electron chi connectivity index (χ0n) is 6.49. The van der Waals surface area contributed by atoms with Crippen LogP contribution < -0.4 is 0 Å². The molecule has 0 aromatic heterocycles. The quantitative estimate of drug-likeness (QED) is 0.533. The Morgan fingerprint density at radius 2 is 1.44 bits per heavy atom. The topological polar surface area (TPSA) is 9.23 Å². The van der Waals surface area contributed by atoms with Gasteiger partial charge in [0, 0.05) is 0 Å². The van der Waals surface area contributed by atoms with E-state index in [9.17, 15) is 0 Å². The van der Waals surface area contributed by atoms with E-state index in [2.05, 4.69) is 20.8 Å². The molecular formula is C8H20O. The first-order valence-corrected chi connectivity index (χ1v) is 3.09. The molecule has 0 spiro atoms. The molecule has 0 radical (unpaired) electrons. The molecule has 58 valence electrons. The molecule has 0 bridgehead atoms. The summed E-state index contributed by atoms with van der Waals surface area (Å²) in [6.45, 7) is 10.3. The number of rotatable bonds is 1. The molecule has 0 amide bonds. The second kappa shape index (κ2) is 3.89. The average molecular weight is 132 g/mol. The molecule has 9 heavy (non-hydrogen) atoms. The summed E-state index contributed by atoms with van der Waals surface area (Å²) in [5.41, 5.74) is 0.0220. The molecule has 0 saturated heterocycles. The van der Waals surface area contributed by atoms with Crippen molar-refractivity contribution in [3.05, 3.63) is 0 Å². The Morgan fingerprint density at radius 1 is 1.11 bits per heavy atom. The lowest BCUT2D eigenvalue weighted by molar-refractivity contribution is -0.0424. The van der Waals surface area contributed by atoms with Crippen LogP contribution >= 0.6 is 0 Å². The highest BCUT2D eigenvalue weighted by atomic mass is 16.5. The summed E-state index contributed by atoms with van der Waals surface area (Å²) in [5.74, 6) is 0. The fraction of sp³-hybridized carbons (Fsp3) is 1.00. The molecule has 1 nitrogen and oxygen atoms in total. The summed E-state index contributed by atoms with van der Waals surface area (Å²) in [6.07, 6.45) is 0.343. The highest BCUT2D eigenvalue weighted by Gasteiger charge is 2.10. The maximum Gasteiger partial charge on any atom is 0.0601 e. The van der Waals surface area contributed by atoms with Crippen LogP contribution in [0.15, 0.2) is 0 Å². The zero-order valence-corrected chi connectivity index (χ0v) is 6.49. The van der Waals surface area contributed by atoms with Crippen molar-refractivity contribution in [2.24, 2.45) is 0 Å². The predicted molar refractivity (Wildman–Crippen MR) is 42.7 cm³/mol. The third kappa shape index (κ3) is 11.5. The highest BCUT2D eigenvalue weighted by molar-refractivity contribution is 4.59. The molecule has 0 aliphatic carbocycles. The minimum Gasteiger partial charge on any atom is -0.373 e. The molecule has 0 aliphatic heterocycles. The van der Waals surface area contributed by atoms with Gasteiger partial charge in [0.15, 0.2) is 0 Å². The van der Waals surface area contributed by atoms with E-state index in [1.54, 1.807) is 0 Å². The standard InChI is InChI=1S/C7H16O.CH4/c1-6(2)8-7(3,4)5;/h6H,1-5H3;1H4. The molecule has 1 heteroatoms. The van der Waals surface area contributed by atoms with E-state index in [4.69, 9.17) is 4.74 Å². The van der Waals surface area contributed by atoms with Crippen molar-refractivity contribution in [3.8, 4) is 0 Å². The first kappa shape index (κ1) is 11.7. The van der Waals surface area contributed by atoms with E-state index in [-0.39, 0.29) is 13.0 Å². The second-order valence-corrected chi connectivity index (χ2v) is 3.28. The summed E-state index contributed by atoms with van der Waals surface area (Å²) < 4.78 is 5.44. The summed E-state index contributed by atoms with van der Waals surface area (Å²) in [6, 6.07) is 0. The molecule has 0 fully saturated rings. The van der Waals surface area contributed by atoms with Gasteiger partial charge in [0.2, 0.25) is 0 Å². The van der Waals surface area contributed by atoms with Crippen molar-refractivity contribution < 1.29 is 4.74 Å². The zero-order chi connectivity index (χ0) is 6.78. The van der Waals surface area contributed by atoms with Gasteiger partial charge in [-0.1, -0.05) is 7.43 Å². The monoisotopic (exact) mass is 132 g/mol. The summed E-state index contributed by atoms with van der Waals surface area (Å²) in [5, 5.41) is 0. The van der Waals surface area contributed by atoms with Crippen LogP contribution in [0.4, 0.5) is 0 Å². The van der Waals surface area contributed by atoms with Gasteiger partial charge < -0.3 is 4.74 Å². The minimum absolute atomic E-state index is 0. The Bertz CT molecular complexity index is 59.5. The van der Waals surface area contributed by atoms with Crippen molar-refractivity contribution in [2.45, 2.75) is 53.8 Å². The predicted octanol–water partition coefficient (Wildman–Crippen LogP) is 2.85. The smallest absolute Gasteiger partial charge is 0.0601 e. The molecule has 0 saturated carbocycles. The summed E-state index contributed by atoms with van der Waals surface area (Å²) >= 11 is 0. The Kier molecular flexibility index (Phi) is 5.06. The van der Waals surface area contributed by atoms with Gasteiger partial charge in [0.25, 0.3) is 0 Å². The van der Waals surface area contributed by atoms with Crippen LogP contribution in [0, 0.1) is 0 Å². The SMILES string of the molecule is C.CC(C)OC(C)(C)C. The average Bonchev–Trinajstić information content (AvgIpc) is 1.21. The van der Waals surface area contributed by atoms with Crippen LogP contribution in [-0.4, -0.2) is 11.7 Å². The largest absolute Gasteiger partial charge is 0.373 e.